The highest BCUT2D eigenvalue weighted by atomic mass is 32.2. The number of carbonyl (C=O) groups is 1. The molecule has 0 aliphatic heterocycles. The van der Waals surface area contributed by atoms with Crippen molar-refractivity contribution >= 4 is 15.6 Å². The van der Waals surface area contributed by atoms with Crippen LogP contribution in [0.25, 0.3) is 0 Å². The van der Waals surface area contributed by atoms with Gasteiger partial charge in [-0.25, -0.2) is 8.42 Å². The number of fused-ring (bicyclic) bond motifs is 5. The Morgan fingerprint density at radius 1 is 1.11 bits per heavy atom. The number of aliphatic hydroxyl groups is 2. The first-order valence-corrected chi connectivity index (χ1v) is 15.7. The number of aliphatic hydroxyl groups excluding tert-OH is 1. The van der Waals surface area contributed by atoms with E-state index in [1.807, 2.05) is 6.07 Å². The molecule has 5 rings (SSSR count). The van der Waals surface area contributed by atoms with Crippen molar-refractivity contribution in [3.8, 4) is 0 Å². The number of Topliss-reactive ketones (excluding diaryl/α,β-unsaturated/α-hetero) is 1. The first-order chi connectivity index (χ1) is 17.3. The van der Waals surface area contributed by atoms with E-state index in [0.29, 0.717) is 41.8 Å². The predicted molar refractivity (Wildman–Crippen MR) is 145 cm³/mol. The van der Waals surface area contributed by atoms with Gasteiger partial charge in [0.05, 0.1) is 21.9 Å². The van der Waals surface area contributed by atoms with Crippen molar-refractivity contribution in [3.63, 3.8) is 0 Å². The molecule has 8 unspecified atom stereocenters. The van der Waals surface area contributed by atoms with Gasteiger partial charge in [-0.15, -0.1) is 0 Å². The minimum Gasteiger partial charge on any atom is -0.393 e. The monoisotopic (exact) mass is 528 g/mol. The summed E-state index contributed by atoms with van der Waals surface area (Å²) in [5.41, 5.74) is -0.209. The second-order valence-electron chi connectivity index (χ2n) is 13.7. The van der Waals surface area contributed by atoms with E-state index in [0.717, 1.165) is 32.1 Å². The predicted octanol–water partition coefficient (Wildman–Crippen LogP) is 5.50. The molecule has 3 fully saturated rings. The number of sulfone groups is 1. The van der Waals surface area contributed by atoms with E-state index < -0.39 is 20.7 Å². The third kappa shape index (κ3) is 4.65. The first-order valence-electron chi connectivity index (χ1n) is 14.2. The van der Waals surface area contributed by atoms with Gasteiger partial charge in [0, 0.05) is 12.3 Å². The highest BCUT2D eigenvalue weighted by Gasteiger charge is 2.62. The standard InChI is InChI=1S/C31H44O5S/c1-29(2,34)18-24(37(35,36)23-8-6-5-7-9-23)17-21-11-13-26-25-12-10-20-16-22(32)14-15-30(20,3)28(25)27(33)19-31(21,26)4/h5-10,21-22,24-26,28,32,34H,11-19H2,1-4H3. The van der Waals surface area contributed by atoms with Crippen molar-refractivity contribution in [1.29, 1.82) is 0 Å². The van der Waals surface area contributed by atoms with Crippen LogP contribution in [0.3, 0.4) is 0 Å². The van der Waals surface area contributed by atoms with Crippen LogP contribution >= 0.6 is 0 Å². The van der Waals surface area contributed by atoms with Gasteiger partial charge in [-0.3, -0.25) is 4.79 Å². The Morgan fingerprint density at radius 3 is 2.49 bits per heavy atom. The first kappa shape index (κ1) is 27.1. The summed E-state index contributed by atoms with van der Waals surface area (Å²) < 4.78 is 27.5. The molecule has 2 N–H and O–H groups in total. The summed E-state index contributed by atoms with van der Waals surface area (Å²) in [6.07, 6.45) is 8.33. The van der Waals surface area contributed by atoms with Crippen LogP contribution in [0.2, 0.25) is 0 Å². The van der Waals surface area contributed by atoms with E-state index in [2.05, 4.69) is 19.9 Å². The number of carbonyl (C=O) groups excluding carboxylic acids is 1. The maximum absolute atomic E-state index is 13.9. The van der Waals surface area contributed by atoms with Crippen LogP contribution < -0.4 is 0 Å². The maximum atomic E-state index is 13.9. The quantitative estimate of drug-likeness (QED) is 0.476. The molecule has 0 aromatic heterocycles. The van der Waals surface area contributed by atoms with Gasteiger partial charge < -0.3 is 10.2 Å². The molecule has 5 nitrogen and oxygen atoms in total. The summed E-state index contributed by atoms with van der Waals surface area (Å²) in [5, 5.41) is 20.3. The van der Waals surface area contributed by atoms with Crippen LogP contribution in [-0.2, 0) is 14.6 Å². The zero-order valence-corrected chi connectivity index (χ0v) is 23.6. The van der Waals surface area contributed by atoms with E-state index in [9.17, 15) is 23.4 Å². The zero-order chi connectivity index (χ0) is 26.8. The maximum Gasteiger partial charge on any atom is 0.181 e. The zero-order valence-electron chi connectivity index (χ0n) is 22.8. The van der Waals surface area contributed by atoms with Gasteiger partial charge in [-0.2, -0.15) is 0 Å². The van der Waals surface area contributed by atoms with Crippen molar-refractivity contribution in [1.82, 2.24) is 0 Å². The lowest BCUT2D eigenvalue weighted by Gasteiger charge is -2.57. The highest BCUT2D eigenvalue weighted by Crippen LogP contribution is 2.66. The second kappa shape index (κ2) is 9.31. The third-order valence-corrected chi connectivity index (χ3v) is 12.9. The van der Waals surface area contributed by atoms with Gasteiger partial charge in [-0.05, 0) is 106 Å². The van der Waals surface area contributed by atoms with Gasteiger partial charge in [0.1, 0.15) is 5.78 Å². The summed E-state index contributed by atoms with van der Waals surface area (Å²) >= 11 is 0. The van der Waals surface area contributed by atoms with Crippen LogP contribution in [0.1, 0.15) is 85.5 Å². The van der Waals surface area contributed by atoms with Crippen molar-refractivity contribution < 1.29 is 23.4 Å². The van der Waals surface area contributed by atoms with Gasteiger partial charge in [-0.1, -0.05) is 43.7 Å². The summed E-state index contributed by atoms with van der Waals surface area (Å²) in [6, 6.07) is 8.60. The fraction of sp³-hybridized carbons (Fsp3) is 0.710. The molecule has 4 aliphatic rings. The molecule has 1 aromatic rings. The Bertz CT molecular complexity index is 1170. The number of ketones is 1. The van der Waals surface area contributed by atoms with E-state index in [1.54, 1.807) is 38.1 Å². The summed E-state index contributed by atoms with van der Waals surface area (Å²) in [5.74, 6) is 1.16. The Hall–Kier alpha value is -1.50. The van der Waals surface area contributed by atoms with Crippen molar-refractivity contribution in [3.05, 3.63) is 42.0 Å². The smallest absolute Gasteiger partial charge is 0.181 e. The average molecular weight is 529 g/mol. The summed E-state index contributed by atoms with van der Waals surface area (Å²) in [4.78, 5) is 14.3. The fourth-order valence-corrected chi connectivity index (χ4v) is 11.0. The van der Waals surface area contributed by atoms with E-state index in [4.69, 9.17) is 0 Å². The summed E-state index contributed by atoms with van der Waals surface area (Å²) in [7, 11) is -3.63. The molecule has 0 radical (unpaired) electrons. The molecule has 0 spiro atoms. The fourth-order valence-electron chi connectivity index (χ4n) is 8.96. The molecule has 0 bridgehead atoms. The van der Waals surface area contributed by atoms with E-state index in [1.165, 1.54) is 5.57 Å². The lowest BCUT2D eigenvalue weighted by Crippen LogP contribution is -2.55. The number of allylic oxidation sites excluding steroid dienone is 1. The summed E-state index contributed by atoms with van der Waals surface area (Å²) in [6.45, 7) is 7.86. The normalized spacial score (nSPS) is 38.8. The third-order valence-electron chi connectivity index (χ3n) is 10.7. The van der Waals surface area contributed by atoms with Crippen LogP contribution in [0.4, 0.5) is 0 Å². The number of rotatable bonds is 6. The minimum atomic E-state index is -3.63. The molecule has 8 atom stereocenters. The lowest BCUT2D eigenvalue weighted by molar-refractivity contribution is -0.144. The van der Waals surface area contributed by atoms with Crippen molar-refractivity contribution in [2.24, 2.45) is 34.5 Å². The average Bonchev–Trinajstić information content (AvgIpc) is 3.14. The minimum absolute atomic E-state index is 0.0112. The Morgan fingerprint density at radius 2 is 1.81 bits per heavy atom. The second-order valence-corrected chi connectivity index (χ2v) is 15.9. The Labute approximate surface area is 222 Å². The van der Waals surface area contributed by atoms with E-state index in [-0.39, 0.29) is 35.2 Å². The SMILES string of the molecule is CC(C)(O)CC(CC1CCC2C3CC=C4CC(O)CCC4(C)C3C(=O)CC12C)S(=O)(=O)c1ccccc1. The van der Waals surface area contributed by atoms with Gasteiger partial charge in [0.15, 0.2) is 9.84 Å². The molecule has 0 heterocycles. The lowest BCUT2D eigenvalue weighted by atomic mass is 9.47. The molecular formula is C31H44O5S. The largest absolute Gasteiger partial charge is 0.393 e. The number of hydrogen-bond acceptors (Lipinski definition) is 5. The molecule has 37 heavy (non-hydrogen) atoms. The molecule has 0 saturated heterocycles. The van der Waals surface area contributed by atoms with Crippen LogP contribution in [-0.4, -0.2) is 41.4 Å². The highest BCUT2D eigenvalue weighted by molar-refractivity contribution is 7.92. The topological polar surface area (TPSA) is 91.7 Å². The van der Waals surface area contributed by atoms with E-state index >= 15 is 0 Å². The number of benzene rings is 1. The van der Waals surface area contributed by atoms with Crippen LogP contribution in [0.15, 0.2) is 46.9 Å². The molecule has 4 aliphatic carbocycles. The van der Waals surface area contributed by atoms with Crippen LogP contribution in [0, 0.1) is 34.5 Å². The molecule has 3 saturated carbocycles. The van der Waals surface area contributed by atoms with Gasteiger partial charge in [0.25, 0.3) is 0 Å². The van der Waals surface area contributed by atoms with Crippen molar-refractivity contribution in [2.75, 3.05) is 0 Å². The Balaban J connectivity index is 1.44. The van der Waals surface area contributed by atoms with Gasteiger partial charge in [0.2, 0.25) is 0 Å². The van der Waals surface area contributed by atoms with Crippen LogP contribution in [0.5, 0.6) is 0 Å². The Kier molecular flexibility index (Phi) is 6.81. The van der Waals surface area contributed by atoms with Gasteiger partial charge >= 0.3 is 0 Å². The number of hydrogen-bond donors (Lipinski definition) is 2. The molecule has 0 amide bonds. The molecular weight excluding hydrogens is 484 g/mol. The molecule has 1 aromatic carbocycles. The molecule has 6 heteroatoms. The molecule has 204 valence electrons. The van der Waals surface area contributed by atoms with Crippen molar-refractivity contribution in [2.45, 2.75) is 107 Å².